The number of hydrogen-bond acceptors (Lipinski definition) is 7. The zero-order chi connectivity index (χ0) is 14.5. The van der Waals surface area contributed by atoms with Gasteiger partial charge in [-0.2, -0.15) is 0 Å². The first-order valence-corrected chi connectivity index (χ1v) is 6.51. The summed E-state index contributed by atoms with van der Waals surface area (Å²) in [6.07, 6.45) is 0. The van der Waals surface area contributed by atoms with Crippen molar-refractivity contribution < 1.29 is 14.1 Å². The Morgan fingerprint density at radius 1 is 1.55 bits per heavy atom. The van der Waals surface area contributed by atoms with E-state index < -0.39 is 10.7 Å². The number of benzene rings is 1. The van der Waals surface area contributed by atoms with Crippen LogP contribution in [0.15, 0.2) is 18.2 Å². The highest BCUT2D eigenvalue weighted by atomic mass is 32.1. The lowest BCUT2D eigenvalue weighted by Crippen LogP contribution is -2.03. The standard InChI is InChI=1S/C11H11FN4O3S/c1-2-13-11-9(14-15-20-11)6-19-10-4-3-7(16(17)18)5-8(10)12/h3-5,13H,2,6H2,1H3. The minimum Gasteiger partial charge on any atom is -0.484 e. The Bertz CT molecular complexity index is 619. The van der Waals surface area contributed by atoms with Crippen LogP contribution in [-0.4, -0.2) is 21.1 Å². The maximum absolute atomic E-state index is 13.6. The molecule has 0 radical (unpaired) electrons. The van der Waals surface area contributed by atoms with Gasteiger partial charge in [0.1, 0.15) is 17.3 Å². The van der Waals surface area contributed by atoms with Gasteiger partial charge in [-0.15, -0.1) is 5.10 Å². The van der Waals surface area contributed by atoms with E-state index in [1.807, 2.05) is 6.92 Å². The number of nitrogens with one attached hydrogen (secondary N) is 1. The first-order valence-electron chi connectivity index (χ1n) is 5.73. The van der Waals surface area contributed by atoms with Crippen molar-refractivity contribution in [3.8, 4) is 5.75 Å². The van der Waals surface area contributed by atoms with Gasteiger partial charge in [-0.1, -0.05) is 4.49 Å². The molecule has 0 unspecified atom stereocenters. The number of rotatable bonds is 6. The molecule has 1 aromatic heterocycles. The van der Waals surface area contributed by atoms with E-state index in [9.17, 15) is 14.5 Å². The topological polar surface area (TPSA) is 90.2 Å². The van der Waals surface area contributed by atoms with E-state index in [0.29, 0.717) is 12.2 Å². The van der Waals surface area contributed by atoms with Crippen LogP contribution in [0.25, 0.3) is 0 Å². The number of nitro groups is 1. The smallest absolute Gasteiger partial charge is 0.272 e. The molecule has 0 spiro atoms. The minimum atomic E-state index is -0.785. The number of ether oxygens (including phenoxy) is 1. The van der Waals surface area contributed by atoms with E-state index in [1.165, 1.54) is 23.7 Å². The molecule has 1 heterocycles. The van der Waals surface area contributed by atoms with Crippen molar-refractivity contribution in [1.82, 2.24) is 9.59 Å². The molecule has 0 atom stereocenters. The van der Waals surface area contributed by atoms with Crippen molar-refractivity contribution in [1.29, 1.82) is 0 Å². The number of anilines is 1. The first-order chi connectivity index (χ1) is 9.61. The number of halogens is 1. The van der Waals surface area contributed by atoms with Crippen molar-refractivity contribution in [2.75, 3.05) is 11.9 Å². The average molecular weight is 298 g/mol. The fourth-order valence-electron chi connectivity index (χ4n) is 1.46. The van der Waals surface area contributed by atoms with Crippen LogP contribution in [0.3, 0.4) is 0 Å². The molecule has 9 heteroatoms. The molecule has 0 fully saturated rings. The van der Waals surface area contributed by atoms with Gasteiger partial charge in [-0.3, -0.25) is 10.1 Å². The number of non-ortho nitro benzene ring substituents is 1. The summed E-state index contributed by atoms with van der Waals surface area (Å²) in [7, 11) is 0. The van der Waals surface area contributed by atoms with Gasteiger partial charge < -0.3 is 10.1 Å². The molecule has 0 bridgehead atoms. The van der Waals surface area contributed by atoms with Crippen LogP contribution >= 0.6 is 11.5 Å². The molecular formula is C11H11FN4O3S. The van der Waals surface area contributed by atoms with Crippen molar-refractivity contribution in [3.63, 3.8) is 0 Å². The summed E-state index contributed by atoms with van der Waals surface area (Å²) < 4.78 is 22.7. The normalized spacial score (nSPS) is 10.3. The van der Waals surface area contributed by atoms with Crippen LogP contribution in [0, 0.1) is 15.9 Å². The molecule has 7 nitrogen and oxygen atoms in total. The zero-order valence-corrected chi connectivity index (χ0v) is 11.3. The third-order valence-corrected chi connectivity index (χ3v) is 3.11. The summed E-state index contributed by atoms with van der Waals surface area (Å²) in [6, 6.07) is 3.23. The van der Waals surface area contributed by atoms with Crippen LogP contribution in [-0.2, 0) is 6.61 Å². The fraction of sp³-hybridized carbons (Fsp3) is 0.273. The summed E-state index contributed by atoms with van der Waals surface area (Å²) in [6.45, 7) is 2.68. The number of aromatic nitrogens is 2. The minimum absolute atomic E-state index is 0.0353. The molecule has 20 heavy (non-hydrogen) atoms. The largest absolute Gasteiger partial charge is 0.484 e. The SMILES string of the molecule is CCNc1snnc1COc1ccc([N+](=O)[O-])cc1F. The van der Waals surface area contributed by atoms with Crippen LogP contribution in [0.4, 0.5) is 15.1 Å². The van der Waals surface area contributed by atoms with Crippen LogP contribution < -0.4 is 10.1 Å². The van der Waals surface area contributed by atoms with Crippen molar-refractivity contribution in [2.45, 2.75) is 13.5 Å². The highest BCUT2D eigenvalue weighted by molar-refractivity contribution is 7.10. The van der Waals surface area contributed by atoms with Crippen LogP contribution in [0.2, 0.25) is 0 Å². The second kappa shape index (κ2) is 6.24. The van der Waals surface area contributed by atoms with Crippen LogP contribution in [0.5, 0.6) is 5.75 Å². The molecule has 0 aliphatic heterocycles. The molecule has 2 aromatic rings. The van der Waals surface area contributed by atoms with Crippen LogP contribution in [0.1, 0.15) is 12.6 Å². The predicted molar refractivity (Wildman–Crippen MR) is 71.5 cm³/mol. The maximum atomic E-state index is 13.6. The second-order valence-electron chi connectivity index (χ2n) is 3.74. The Morgan fingerprint density at radius 3 is 3.00 bits per heavy atom. The van der Waals surface area contributed by atoms with Gasteiger partial charge >= 0.3 is 0 Å². The van der Waals surface area contributed by atoms with Crippen molar-refractivity contribution in [2.24, 2.45) is 0 Å². The molecule has 1 aromatic carbocycles. The average Bonchev–Trinajstić information content (AvgIpc) is 2.85. The molecule has 0 aliphatic carbocycles. The molecule has 0 saturated heterocycles. The Kier molecular flexibility index (Phi) is 4.41. The van der Waals surface area contributed by atoms with Crippen molar-refractivity contribution in [3.05, 3.63) is 39.8 Å². The molecule has 0 saturated carbocycles. The van der Waals surface area contributed by atoms with E-state index in [4.69, 9.17) is 4.74 Å². The van der Waals surface area contributed by atoms with Crippen molar-refractivity contribution >= 4 is 22.2 Å². The van der Waals surface area contributed by atoms with Gasteiger partial charge in [0.25, 0.3) is 5.69 Å². The number of nitro benzene ring substituents is 1. The van der Waals surface area contributed by atoms with Gasteiger partial charge in [0.15, 0.2) is 11.6 Å². The summed E-state index contributed by atoms with van der Waals surface area (Å²) in [5.74, 6) is -0.849. The summed E-state index contributed by atoms with van der Waals surface area (Å²) in [4.78, 5) is 9.83. The number of hydrogen-bond donors (Lipinski definition) is 1. The number of nitrogens with zero attached hydrogens (tertiary/aromatic N) is 3. The molecular weight excluding hydrogens is 287 g/mol. The summed E-state index contributed by atoms with van der Waals surface area (Å²) in [5, 5.41) is 18.2. The maximum Gasteiger partial charge on any atom is 0.272 e. The quantitative estimate of drug-likeness (QED) is 0.651. The van der Waals surface area contributed by atoms with Gasteiger partial charge in [0.2, 0.25) is 0 Å². The Morgan fingerprint density at radius 2 is 2.35 bits per heavy atom. The molecule has 2 rings (SSSR count). The zero-order valence-electron chi connectivity index (χ0n) is 10.5. The highest BCUT2D eigenvalue weighted by Crippen LogP contribution is 2.25. The summed E-state index contributed by atoms with van der Waals surface area (Å²) >= 11 is 1.18. The Labute approximate surface area is 117 Å². The first kappa shape index (κ1) is 14.1. The lowest BCUT2D eigenvalue weighted by Gasteiger charge is -2.06. The van der Waals surface area contributed by atoms with E-state index in [-0.39, 0.29) is 18.0 Å². The molecule has 1 N–H and O–H groups in total. The second-order valence-corrected chi connectivity index (χ2v) is 4.49. The summed E-state index contributed by atoms with van der Waals surface area (Å²) in [5.41, 5.74) is 0.244. The lowest BCUT2D eigenvalue weighted by atomic mass is 10.3. The lowest BCUT2D eigenvalue weighted by molar-refractivity contribution is -0.385. The van der Waals surface area contributed by atoms with Gasteiger partial charge in [-0.25, -0.2) is 4.39 Å². The fourth-order valence-corrected chi connectivity index (χ4v) is 2.10. The van der Waals surface area contributed by atoms with Gasteiger partial charge in [0.05, 0.1) is 11.0 Å². The Hall–Kier alpha value is -2.29. The highest BCUT2D eigenvalue weighted by Gasteiger charge is 2.13. The van der Waals surface area contributed by atoms with Gasteiger partial charge in [0, 0.05) is 24.1 Å². The third-order valence-electron chi connectivity index (χ3n) is 2.38. The molecule has 106 valence electrons. The van der Waals surface area contributed by atoms with E-state index in [1.54, 1.807) is 0 Å². The van der Waals surface area contributed by atoms with E-state index >= 15 is 0 Å². The van der Waals surface area contributed by atoms with Gasteiger partial charge in [-0.05, 0) is 13.0 Å². The van der Waals surface area contributed by atoms with E-state index in [0.717, 1.165) is 11.1 Å². The van der Waals surface area contributed by atoms with E-state index in [2.05, 4.69) is 14.9 Å². The molecule has 0 aliphatic rings. The predicted octanol–water partition coefficient (Wildman–Crippen LogP) is 2.60. The third kappa shape index (κ3) is 3.18. The Balaban J connectivity index is 2.07. The molecule has 0 amide bonds. The monoisotopic (exact) mass is 298 g/mol.